The normalized spacial score (nSPS) is 18.3. The zero-order valence-electron chi connectivity index (χ0n) is 12.0. The fourth-order valence-electron chi connectivity index (χ4n) is 2.80. The summed E-state index contributed by atoms with van der Waals surface area (Å²) < 4.78 is 0. The first kappa shape index (κ1) is 14.1. The highest BCUT2D eigenvalue weighted by Crippen LogP contribution is 2.25. The second kappa shape index (κ2) is 6.19. The summed E-state index contributed by atoms with van der Waals surface area (Å²) in [6, 6.07) is 0. The van der Waals surface area contributed by atoms with E-state index in [0.717, 1.165) is 30.2 Å². The number of nitrogens with one attached hydrogen (secondary N) is 3. The summed E-state index contributed by atoms with van der Waals surface area (Å²) in [6.45, 7) is 8.17. The molecule has 5 heteroatoms. The third-order valence-corrected chi connectivity index (χ3v) is 4.09. The van der Waals surface area contributed by atoms with Crippen LogP contribution in [0.1, 0.15) is 37.6 Å². The highest BCUT2D eigenvalue weighted by atomic mass is 16.1. The second-order valence-corrected chi connectivity index (χ2v) is 5.63. The average molecular weight is 264 g/mol. The van der Waals surface area contributed by atoms with Crippen LogP contribution in [0, 0.1) is 25.7 Å². The van der Waals surface area contributed by atoms with Crippen LogP contribution in [0.25, 0.3) is 0 Å². The minimum Gasteiger partial charge on any atom is -0.323 e. The van der Waals surface area contributed by atoms with Gasteiger partial charge >= 0.3 is 0 Å². The third kappa shape index (κ3) is 3.56. The van der Waals surface area contributed by atoms with Gasteiger partial charge in [0.15, 0.2) is 0 Å². The number of nitrogens with zero attached hydrogens (tertiary/aromatic N) is 1. The summed E-state index contributed by atoms with van der Waals surface area (Å²) >= 11 is 0. The largest absolute Gasteiger partial charge is 0.323 e. The summed E-state index contributed by atoms with van der Waals surface area (Å²) in [7, 11) is 0. The van der Waals surface area contributed by atoms with Gasteiger partial charge in [0.05, 0.1) is 17.1 Å². The van der Waals surface area contributed by atoms with Crippen molar-refractivity contribution in [2.24, 2.45) is 11.8 Å². The number of aromatic amines is 1. The lowest BCUT2D eigenvalue weighted by molar-refractivity contribution is -0.117. The van der Waals surface area contributed by atoms with Crippen molar-refractivity contribution >= 4 is 11.6 Å². The molecule has 5 nitrogen and oxygen atoms in total. The minimum absolute atomic E-state index is 0.0960. The lowest BCUT2D eigenvalue weighted by Gasteiger charge is -2.27. The fraction of sp³-hybridized carbons (Fsp3) is 0.714. The molecule has 1 aromatic heterocycles. The zero-order valence-corrected chi connectivity index (χ0v) is 12.0. The Morgan fingerprint density at radius 3 is 2.68 bits per heavy atom. The molecule has 1 saturated heterocycles. The molecule has 0 radical (unpaired) electrons. The molecule has 2 heterocycles. The van der Waals surface area contributed by atoms with E-state index in [0.29, 0.717) is 18.3 Å². The van der Waals surface area contributed by atoms with Gasteiger partial charge in [0.2, 0.25) is 5.91 Å². The number of carbonyl (C=O) groups excluding carboxylic acids is 1. The quantitative estimate of drug-likeness (QED) is 0.779. The Labute approximate surface area is 114 Å². The van der Waals surface area contributed by atoms with E-state index in [2.05, 4.69) is 27.8 Å². The van der Waals surface area contributed by atoms with E-state index >= 15 is 0 Å². The molecule has 1 aliphatic rings. The Morgan fingerprint density at radius 2 is 2.11 bits per heavy atom. The van der Waals surface area contributed by atoms with Crippen molar-refractivity contribution in [2.75, 3.05) is 18.4 Å². The number of hydrogen-bond donors (Lipinski definition) is 3. The van der Waals surface area contributed by atoms with Crippen molar-refractivity contribution in [3.8, 4) is 0 Å². The number of amides is 1. The van der Waals surface area contributed by atoms with E-state index in [4.69, 9.17) is 0 Å². The number of aromatic nitrogens is 2. The van der Waals surface area contributed by atoms with Gasteiger partial charge in [-0.25, -0.2) is 0 Å². The molecule has 0 bridgehead atoms. The molecule has 0 spiro atoms. The smallest absolute Gasteiger partial charge is 0.224 e. The van der Waals surface area contributed by atoms with E-state index in [-0.39, 0.29) is 5.91 Å². The van der Waals surface area contributed by atoms with Crippen LogP contribution < -0.4 is 10.6 Å². The van der Waals surface area contributed by atoms with Gasteiger partial charge in [0.1, 0.15) is 0 Å². The fourth-order valence-corrected chi connectivity index (χ4v) is 2.80. The van der Waals surface area contributed by atoms with Gasteiger partial charge in [-0.1, -0.05) is 6.92 Å². The molecule has 0 aromatic carbocycles. The van der Waals surface area contributed by atoms with Gasteiger partial charge in [-0.2, -0.15) is 5.10 Å². The van der Waals surface area contributed by atoms with Crippen LogP contribution in [-0.2, 0) is 4.79 Å². The van der Waals surface area contributed by atoms with Gasteiger partial charge in [-0.05, 0) is 51.6 Å². The molecule has 0 aliphatic carbocycles. The second-order valence-electron chi connectivity index (χ2n) is 5.63. The Bertz CT molecular complexity index is 415. The zero-order chi connectivity index (χ0) is 13.8. The maximum atomic E-state index is 12.1. The third-order valence-electron chi connectivity index (χ3n) is 4.09. The van der Waals surface area contributed by atoms with Crippen LogP contribution in [0.4, 0.5) is 5.69 Å². The van der Waals surface area contributed by atoms with Crippen molar-refractivity contribution in [1.29, 1.82) is 0 Å². The van der Waals surface area contributed by atoms with Crippen LogP contribution in [0.3, 0.4) is 0 Å². The molecule has 106 valence electrons. The lowest BCUT2D eigenvalue weighted by Crippen LogP contribution is -2.32. The molecule has 19 heavy (non-hydrogen) atoms. The lowest BCUT2D eigenvalue weighted by atomic mass is 9.84. The maximum absolute atomic E-state index is 12.1. The van der Waals surface area contributed by atoms with E-state index < -0.39 is 0 Å². The summed E-state index contributed by atoms with van der Waals surface area (Å²) in [4.78, 5) is 12.1. The summed E-state index contributed by atoms with van der Waals surface area (Å²) in [5.74, 6) is 1.20. The first-order valence-corrected chi connectivity index (χ1v) is 7.10. The van der Waals surface area contributed by atoms with Crippen LogP contribution in [0.5, 0.6) is 0 Å². The summed E-state index contributed by atoms with van der Waals surface area (Å²) in [5, 5.41) is 13.3. The van der Waals surface area contributed by atoms with Gasteiger partial charge in [0.25, 0.3) is 0 Å². The first-order valence-electron chi connectivity index (χ1n) is 7.10. The maximum Gasteiger partial charge on any atom is 0.224 e. The predicted octanol–water partition coefficient (Wildman–Crippen LogP) is 1.99. The van der Waals surface area contributed by atoms with Crippen LogP contribution in [-0.4, -0.2) is 29.2 Å². The number of rotatable bonds is 4. The van der Waals surface area contributed by atoms with Crippen LogP contribution >= 0.6 is 0 Å². The number of anilines is 1. The molecular formula is C14H24N4O. The van der Waals surface area contributed by atoms with E-state index in [9.17, 15) is 4.79 Å². The molecule has 1 aliphatic heterocycles. The predicted molar refractivity (Wildman–Crippen MR) is 76.1 cm³/mol. The Morgan fingerprint density at radius 1 is 1.42 bits per heavy atom. The molecule has 1 unspecified atom stereocenters. The summed E-state index contributed by atoms with van der Waals surface area (Å²) in [5.41, 5.74) is 2.60. The van der Waals surface area contributed by atoms with Crippen LogP contribution in [0.2, 0.25) is 0 Å². The van der Waals surface area contributed by atoms with Crippen molar-refractivity contribution in [1.82, 2.24) is 15.5 Å². The number of aryl methyl sites for hydroxylation is 2. The highest BCUT2D eigenvalue weighted by molar-refractivity contribution is 5.91. The first-order chi connectivity index (χ1) is 9.08. The molecule has 1 aromatic rings. The molecule has 1 fully saturated rings. The van der Waals surface area contributed by atoms with E-state index in [1.165, 1.54) is 12.8 Å². The molecule has 1 amide bonds. The van der Waals surface area contributed by atoms with Gasteiger partial charge < -0.3 is 10.6 Å². The molecule has 3 N–H and O–H groups in total. The Hall–Kier alpha value is -1.36. The van der Waals surface area contributed by atoms with E-state index in [1.807, 2.05) is 13.8 Å². The van der Waals surface area contributed by atoms with Crippen molar-refractivity contribution in [3.63, 3.8) is 0 Å². The topological polar surface area (TPSA) is 69.8 Å². The number of H-pyrrole nitrogens is 1. The van der Waals surface area contributed by atoms with Crippen molar-refractivity contribution < 1.29 is 4.79 Å². The van der Waals surface area contributed by atoms with Crippen molar-refractivity contribution in [2.45, 2.75) is 40.0 Å². The van der Waals surface area contributed by atoms with E-state index in [1.54, 1.807) is 0 Å². The van der Waals surface area contributed by atoms with Gasteiger partial charge in [-0.3, -0.25) is 9.89 Å². The molecule has 1 atom stereocenters. The SMILES string of the molecule is Cc1n[nH]c(C)c1NC(=O)CC(C)C1CCNCC1. The average Bonchev–Trinajstić information content (AvgIpc) is 2.71. The number of carbonyl (C=O) groups is 1. The molecule has 2 rings (SSSR count). The monoisotopic (exact) mass is 264 g/mol. The number of hydrogen-bond acceptors (Lipinski definition) is 3. The van der Waals surface area contributed by atoms with Gasteiger partial charge in [0, 0.05) is 6.42 Å². The Kier molecular flexibility index (Phi) is 4.58. The molecule has 0 saturated carbocycles. The highest BCUT2D eigenvalue weighted by Gasteiger charge is 2.22. The van der Waals surface area contributed by atoms with Crippen LogP contribution in [0.15, 0.2) is 0 Å². The Balaban J connectivity index is 1.87. The van der Waals surface area contributed by atoms with Crippen molar-refractivity contribution in [3.05, 3.63) is 11.4 Å². The number of piperidine rings is 1. The minimum atomic E-state index is 0.0960. The molecular weight excluding hydrogens is 240 g/mol. The standard InChI is InChI=1S/C14H24N4O/c1-9(12-4-6-15-7-5-12)8-13(19)16-14-10(2)17-18-11(14)3/h9,12,15H,4-8H2,1-3H3,(H,16,19)(H,17,18). The summed E-state index contributed by atoms with van der Waals surface area (Å²) in [6.07, 6.45) is 2.95. The van der Waals surface area contributed by atoms with Gasteiger partial charge in [-0.15, -0.1) is 0 Å².